The molecule has 38 heavy (non-hydrogen) atoms. The monoisotopic (exact) mass is 515 g/mol. The number of hydrogen-bond donors (Lipinski definition) is 1. The minimum atomic E-state index is -0.612. The Kier molecular flexibility index (Phi) is 7.72. The number of carbonyl (C=O) groups is 3. The molecule has 0 aromatic heterocycles. The molecule has 0 unspecified atom stereocenters. The summed E-state index contributed by atoms with van der Waals surface area (Å²) < 4.78 is 13.5. The van der Waals surface area contributed by atoms with Crippen molar-refractivity contribution in [2.45, 2.75) is 70.5 Å². The van der Waals surface area contributed by atoms with Gasteiger partial charge in [0.25, 0.3) is 5.91 Å². The zero-order valence-electron chi connectivity index (χ0n) is 21.8. The van der Waals surface area contributed by atoms with Gasteiger partial charge in [-0.05, 0) is 60.9 Å². The predicted molar refractivity (Wildman–Crippen MR) is 146 cm³/mol. The van der Waals surface area contributed by atoms with Gasteiger partial charge in [-0.15, -0.1) is 0 Å². The Morgan fingerprint density at radius 2 is 1.76 bits per heavy atom. The van der Waals surface area contributed by atoms with Gasteiger partial charge in [0.15, 0.2) is 0 Å². The molecule has 198 valence electrons. The lowest BCUT2D eigenvalue weighted by Crippen LogP contribution is -2.51. The van der Waals surface area contributed by atoms with E-state index in [1.165, 1.54) is 12.1 Å². The Bertz CT molecular complexity index is 1330. The van der Waals surface area contributed by atoms with E-state index in [4.69, 9.17) is 0 Å². The highest BCUT2D eigenvalue weighted by molar-refractivity contribution is 6.25. The van der Waals surface area contributed by atoms with Gasteiger partial charge >= 0.3 is 0 Å². The molecule has 1 saturated carbocycles. The molecule has 0 saturated heterocycles. The number of amides is 3. The second-order valence-electron chi connectivity index (χ2n) is 10.3. The molecule has 0 bridgehead atoms. The van der Waals surface area contributed by atoms with Gasteiger partial charge in [0, 0.05) is 36.5 Å². The quantitative estimate of drug-likeness (QED) is 0.383. The van der Waals surface area contributed by atoms with Crippen molar-refractivity contribution >= 4 is 34.2 Å². The van der Waals surface area contributed by atoms with Crippen LogP contribution in [0.4, 0.5) is 10.1 Å². The number of halogens is 1. The number of anilines is 1. The molecular weight excluding hydrogens is 481 g/mol. The summed E-state index contributed by atoms with van der Waals surface area (Å²) in [5.41, 5.74) is 2.34. The molecule has 1 aliphatic carbocycles. The van der Waals surface area contributed by atoms with Crippen molar-refractivity contribution in [3.05, 3.63) is 77.6 Å². The third kappa shape index (κ3) is 5.28. The number of carbonyl (C=O) groups excluding carboxylic acids is 3. The normalized spacial score (nSPS) is 15.7. The molecule has 1 atom stereocenters. The van der Waals surface area contributed by atoms with Gasteiger partial charge in [0.2, 0.25) is 11.8 Å². The molecule has 0 spiro atoms. The first-order valence-electron chi connectivity index (χ1n) is 13.6. The second-order valence-corrected chi connectivity index (χ2v) is 10.3. The van der Waals surface area contributed by atoms with Crippen molar-refractivity contribution in [3.63, 3.8) is 0 Å². The van der Waals surface area contributed by atoms with Crippen molar-refractivity contribution in [3.8, 4) is 0 Å². The van der Waals surface area contributed by atoms with E-state index in [0.717, 1.165) is 47.7 Å². The highest BCUT2D eigenvalue weighted by atomic mass is 19.1. The molecule has 3 amide bonds. The fourth-order valence-electron chi connectivity index (χ4n) is 5.81. The van der Waals surface area contributed by atoms with Gasteiger partial charge in [0.1, 0.15) is 11.9 Å². The SMILES string of the molecule is CC[C@H](C(=O)NC1CCCC1)N(Cc1ccc(F)cc1)C(=O)CCCN1C(=O)c2cccc3cccc1c23. The van der Waals surface area contributed by atoms with E-state index in [2.05, 4.69) is 5.32 Å². The van der Waals surface area contributed by atoms with E-state index < -0.39 is 6.04 Å². The standard InChI is InChI=1S/C31H34FN3O3/c1-2-26(30(37)33-24-10-3-4-11-24)35(20-21-15-17-23(32)18-16-21)28(36)14-7-19-34-27-13-6-9-22-8-5-12-25(29(22)27)31(34)38/h5-6,8-9,12-13,15-18,24,26H,2-4,7,10-11,14,19-20H2,1H3,(H,33,37)/t26-/m1/s1. The molecule has 5 rings (SSSR count). The summed E-state index contributed by atoms with van der Waals surface area (Å²) in [4.78, 5) is 43.3. The number of hydrogen-bond acceptors (Lipinski definition) is 3. The van der Waals surface area contributed by atoms with Gasteiger partial charge in [-0.2, -0.15) is 0 Å². The predicted octanol–water partition coefficient (Wildman–Crippen LogP) is 5.59. The first kappa shape index (κ1) is 25.9. The van der Waals surface area contributed by atoms with Crippen LogP contribution in [-0.2, 0) is 16.1 Å². The highest BCUT2D eigenvalue weighted by Crippen LogP contribution is 2.37. The maximum absolute atomic E-state index is 13.6. The van der Waals surface area contributed by atoms with Crippen LogP contribution in [-0.4, -0.2) is 41.2 Å². The zero-order chi connectivity index (χ0) is 26.6. The van der Waals surface area contributed by atoms with Crippen molar-refractivity contribution < 1.29 is 18.8 Å². The number of nitrogens with one attached hydrogen (secondary N) is 1. The average molecular weight is 516 g/mol. The van der Waals surface area contributed by atoms with Gasteiger partial charge < -0.3 is 15.1 Å². The van der Waals surface area contributed by atoms with Crippen LogP contribution in [0, 0.1) is 5.82 Å². The van der Waals surface area contributed by atoms with Crippen LogP contribution in [0.2, 0.25) is 0 Å². The average Bonchev–Trinajstić information content (AvgIpc) is 3.53. The molecule has 3 aromatic carbocycles. The first-order chi connectivity index (χ1) is 18.5. The van der Waals surface area contributed by atoms with Crippen LogP contribution in [0.25, 0.3) is 10.8 Å². The van der Waals surface area contributed by atoms with E-state index in [9.17, 15) is 18.8 Å². The summed E-state index contributed by atoms with van der Waals surface area (Å²) in [6.45, 7) is 2.54. The van der Waals surface area contributed by atoms with Gasteiger partial charge in [-0.1, -0.05) is 56.2 Å². The Labute approximate surface area is 222 Å². The van der Waals surface area contributed by atoms with E-state index in [-0.39, 0.29) is 42.5 Å². The molecular formula is C31H34FN3O3. The minimum Gasteiger partial charge on any atom is -0.352 e. The van der Waals surface area contributed by atoms with E-state index >= 15 is 0 Å². The molecule has 2 aliphatic rings. The highest BCUT2D eigenvalue weighted by Gasteiger charge is 2.32. The van der Waals surface area contributed by atoms with Crippen molar-refractivity contribution in [2.75, 3.05) is 11.4 Å². The van der Waals surface area contributed by atoms with Gasteiger partial charge in [-0.25, -0.2) is 4.39 Å². The molecule has 3 aromatic rings. The molecule has 1 heterocycles. The summed E-state index contributed by atoms with van der Waals surface area (Å²) in [7, 11) is 0. The van der Waals surface area contributed by atoms with Crippen molar-refractivity contribution in [1.82, 2.24) is 10.2 Å². The zero-order valence-corrected chi connectivity index (χ0v) is 21.8. The van der Waals surface area contributed by atoms with Crippen LogP contribution < -0.4 is 10.2 Å². The molecule has 7 heteroatoms. The first-order valence-corrected chi connectivity index (χ1v) is 13.6. The fraction of sp³-hybridized carbons (Fsp3) is 0.387. The molecule has 1 aliphatic heterocycles. The van der Waals surface area contributed by atoms with Gasteiger partial charge in [-0.3, -0.25) is 14.4 Å². The van der Waals surface area contributed by atoms with Crippen LogP contribution in [0.5, 0.6) is 0 Å². The molecule has 1 N–H and O–H groups in total. The maximum Gasteiger partial charge on any atom is 0.258 e. The summed E-state index contributed by atoms with van der Waals surface area (Å²) in [5, 5.41) is 5.12. The Morgan fingerprint density at radius 3 is 2.47 bits per heavy atom. The summed E-state index contributed by atoms with van der Waals surface area (Å²) >= 11 is 0. The van der Waals surface area contributed by atoms with E-state index in [1.54, 1.807) is 21.9 Å². The second kappa shape index (κ2) is 11.3. The van der Waals surface area contributed by atoms with Crippen LogP contribution in [0.1, 0.15) is 67.8 Å². The molecule has 1 fully saturated rings. The largest absolute Gasteiger partial charge is 0.352 e. The lowest BCUT2D eigenvalue weighted by atomic mass is 10.1. The number of rotatable bonds is 10. The Hall–Kier alpha value is -3.74. The Morgan fingerprint density at radius 1 is 1.05 bits per heavy atom. The minimum absolute atomic E-state index is 0.0465. The number of benzene rings is 3. The van der Waals surface area contributed by atoms with E-state index in [1.807, 2.05) is 43.3 Å². The Balaban J connectivity index is 1.29. The van der Waals surface area contributed by atoms with Crippen LogP contribution in [0.3, 0.4) is 0 Å². The van der Waals surface area contributed by atoms with Crippen molar-refractivity contribution in [1.29, 1.82) is 0 Å². The van der Waals surface area contributed by atoms with Crippen LogP contribution >= 0.6 is 0 Å². The molecule has 0 radical (unpaired) electrons. The molecule has 6 nitrogen and oxygen atoms in total. The maximum atomic E-state index is 13.6. The topological polar surface area (TPSA) is 69.7 Å². The fourth-order valence-corrected chi connectivity index (χ4v) is 5.81. The lowest BCUT2D eigenvalue weighted by Gasteiger charge is -2.32. The smallest absolute Gasteiger partial charge is 0.258 e. The summed E-state index contributed by atoms with van der Waals surface area (Å²) in [5.74, 6) is -0.671. The summed E-state index contributed by atoms with van der Waals surface area (Å²) in [6.07, 6.45) is 5.28. The van der Waals surface area contributed by atoms with Gasteiger partial charge in [0.05, 0.1) is 5.69 Å². The summed E-state index contributed by atoms with van der Waals surface area (Å²) in [6, 6.07) is 17.2. The van der Waals surface area contributed by atoms with Crippen LogP contribution in [0.15, 0.2) is 60.7 Å². The van der Waals surface area contributed by atoms with Crippen molar-refractivity contribution in [2.24, 2.45) is 0 Å². The number of nitrogens with zero attached hydrogens (tertiary/aromatic N) is 2. The third-order valence-electron chi connectivity index (χ3n) is 7.78. The third-order valence-corrected chi connectivity index (χ3v) is 7.78. The lowest BCUT2D eigenvalue weighted by molar-refractivity contribution is -0.141. The van der Waals surface area contributed by atoms with E-state index in [0.29, 0.717) is 24.9 Å².